The number of aliphatic hydroxyl groups is 1. The molecule has 0 heterocycles. The van der Waals surface area contributed by atoms with Crippen LogP contribution in [-0.4, -0.2) is 11.7 Å². The van der Waals surface area contributed by atoms with Gasteiger partial charge in [-0.15, -0.1) is 0 Å². The number of nitrogens with two attached hydrogens (primary N) is 1. The van der Waals surface area contributed by atoms with Crippen LogP contribution in [0.5, 0.6) is 11.5 Å². The molecule has 0 saturated heterocycles. The van der Waals surface area contributed by atoms with E-state index >= 15 is 0 Å². The van der Waals surface area contributed by atoms with E-state index in [1.54, 1.807) is 24.3 Å². The molecule has 0 saturated carbocycles. The maximum absolute atomic E-state index is 13.3. The minimum Gasteiger partial charge on any atom is -0.455 e. The summed E-state index contributed by atoms with van der Waals surface area (Å²) in [5.74, 6) is -1.30. The maximum Gasteiger partial charge on any atom is 0.156 e. The number of ether oxygens (including phenoxy) is 1. The third-order valence-electron chi connectivity index (χ3n) is 2.63. The number of aliphatic hydroxyl groups excluding tert-OH is 1. The summed E-state index contributed by atoms with van der Waals surface area (Å²) in [6.07, 6.45) is 0.383. The second-order valence-electron chi connectivity index (χ2n) is 3.98. The Bertz CT molecular complexity index is 588. The van der Waals surface area contributed by atoms with Gasteiger partial charge in [-0.2, -0.15) is 0 Å². The number of anilines is 1. The van der Waals surface area contributed by atoms with Crippen LogP contribution in [0.3, 0.4) is 0 Å². The van der Waals surface area contributed by atoms with E-state index in [-0.39, 0.29) is 18.0 Å². The molecule has 0 atom stereocenters. The largest absolute Gasteiger partial charge is 0.455 e. The number of nitrogen functional groups attached to an aromatic ring is 1. The maximum atomic E-state index is 13.3. The monoisotopic (exact) mass is 265 g/mol. The van der Waals surface area contributed by atoms with Crippen molar-refractivity contribution in [3.05, 3.63) is 53.6 Å². The first-order valence-corrected chi connectivity index (χ1v) is 5.73. The second kappa shape index (κ2) is 5.67. The fourth-order valence-corrected chi connectivity index (χ4v) is 1.69. The quantitative estimate of drug-likeness (QED) is 0.836. The van der Waals surface area contributed by atoms with Gasteiger partial charge in [-0.1, -0.05) is 18.2 Å². The molecule has 2 aromatic carbocycles. The first-order valence-electron chi connectivity index (χ1n) is 5.73. The lowest BCUT2D eigenvalue weighted by Gasteiger charge is -2.12. The van der Waals surface area contributed by atoms with Gasteiger partial charge in [-0.25, -0.2) is 8.78 Å². The summed E-state index contributed by atoms with van der Waals surface area (Å²) < 4.78 is 31.9. The average Bonchev–Trinajstić information content (AvgIpc) is 2.38. The van der Waals surface area contributed by atoms with E-state index < -0.39 is 11.6 Å². The average molecular weight is 265 g/mol. The zero-order valence-electron chi connectivity index (χ0n) is 10.1. The summed E-state index contributed by atoms with van der Waals surface area (Å²) in [6, 6.07) is 8.63. The highest BCUT2D eigenvalue weighted by atomic mass is 19.1. The molecule has 0 fully saturated rings. The van der Waals surface area contributed by atoms with E-state index in [0.717, 1.165) is 11.6 Å². The highest BCUT2D eigenvalue weighted by Crippen LogP contribution is 2.32. The summed E-state index contributed by atoms with van der Waals surface area (Å²) in [5.41, 5.74) is 5.99. The van der Waals surface area contributed by atoms with E-state index in [1.165, 1.54) is 0 Å². The van der Waals surface area contributed by atoms with Crippen molar-refractivity contribution in [1.82, 2.24) is 0 Å². The fraction of sp³-hybridized carbons (Fsp3) is 0.143. The topological polar surface area (TPSA) is 55.5 Å². The summed E-state index contributed by atoms with van der Waals surface area (Å²) >= 11 is 0. The molecule has 5 heteroatoms. The predicted molar refractivity (Wildman–Crippen MR) is 68.1 cm³/mol. The zero-order valence-corrected chi connectivity index (χ0v) is 10.1. The van der Waals surface area contributed by atoms with Crippen molar-refractivity contribution in [1.29, 1.82) is 0 Å². The zero-order chi connectivity index (χ0) is 13.8. The van der Waals surface area contributed by atoms with Gasteiger partial charge < -0.3 is 15.6 Å². The second-order valence-corrected chi connectivity index (χ2v) is 3.98. The Labute approximate surface area is 109 Å². The number of hydrogen-bond donors (Lipinski definition) is 2. The van der Waals surface area contributed by atoms with Crippen molar-refractivity contribution < 1.29 is 18.6 Å². The minimum atomic E-state index is -0.866. The van der Waals surface area contributed by atoms with Gasteiger partial charge >= 0.3 is 0 Å². The molecule has 0 aliphatic heterocycles. The lowest BCUT2D eigenvalue weighted by Crippen LogP contribution is -1.99. The van der Waals surface area contributed by atoms with E-state index in [2.05, 4.69) is 0 Å². The Hall–Kier alpha value is -2.14. The van der Waals surface area contributed by atoms with Crippen LogP contribution in [0.25, 0.3) is 0 Å². The van der Waals surface area contributed by atoms with Crippen molar-refractivity contribution >= 4 is 5.69 Å². The lowest BCUT2D eigenvalue weighted by atomic mass is 10.1. The molecule has 0 aromatic heterocycles. The van der Waals surface area contributed by atoms with Crippen molar-refractivity contribution in [3.63, 3.8) is 0 Å². The predicted octanol–water partition coefficient (Wildman–Crippen LogP) is 2.87. The van der Waals surface area contributed by atoms with E-state index in [1.807, 2.05) is 0 Å². The molecule has 0 amide bonds. The van der Waals surface area contributed by atoms with Crippen LogP contribution >= 0.6 is 0 Å². The van der Waals surface area contributed by atoms with E-state index in [9.17, 15) is 8.78 Å². The fourth-order valence-electron chi connectivity index (χ4n) is 1.69. The molecule has 19 heavy (non-hydrogen) atoms. The number of para-hydroxylation sites is 1. The summed E-state index contributed by atoms with van der Waals surface area (Å²) in [5, 5.41) is 8.95. The number of halogens is 2. The van der Waals surface area contributed by atoms with Gasteiger partial charge in [-0.3, -0.25) is 0 Å². The Morgan fingerprint density at radius 1 is 1.11 bits per heavy atom. The molecule has 0 bridgehead atoms. The third kappa shape index (κ3) is 3.00. The minimum absolute atomic E-state index is 0.0482. The van der Waals surface area contributed by atoms with Crippen molar-refractivity contribution in [3.8, 4) is 11.5 Å². The van der Waals surface area contributed by atoms with Crippen molar-refractivity contribution in [2.75, 3.05) is 12.3 Å². The van der Waals surface area contributed by atoms with Crippen LogP contribution < -0.4 is 10.5 Å². The summed E-state index contributed by atoms with van der Waals surface area (Å²) in [6.45, 7) is -0.0482. The van der Waals surface area contributed by atoms with Crippen LogP contribution in [0.1, 0.15) is 5.56 Å². The molecule has 0 radical (unpaired) electrons. The molecule has 0 spiro atoms. The van der Waals surface area contributed by atoms with Crippen molar-refractivity contribution in [2.45, 2.75) is 6.42 Å². The van der Waals surface area contributed by atoms with E-state index in [0.29, 0.717) is 18.2 Å². The molecule has 0 aliphatic carbocycles. The molecular weight excluding hydrogens is 252 g/mol. The molecule has 3 N–H and O–H groups in total. The highest BCUT2D eigenvalue weighted by Gasteiger charge is 2.12. The van der Waals surface area contributed by atoms with Gasteiger partial charge in [0, 0.05) is 18.7 Å². The number of rotatable bonds is 4. The van der Waals surface area contributed by atoms with E-state index in [4.69, 9.17) is 15.6 Å². The molecule has 100 valence electrons. The molecule has 2 aromatic rings. The van der Waals surface area contributed by atoms with Crippen LogP contribution in [0, 0.1) is 11.6 Å². The first kappa shape index (κ1) is 13.3. The van der Waals surface area contributed by atoms with Gasteiger partial charge in [0.1, 0.15) is 17.3 Å². The molecule has 3 nitrogen and oxygen atoms in total. The van der Waals surface area contributed by atoms with Crippen LogP contribution in [0.4, 0.5) is 14.5 Å². The van der Waals surface area contributed by atoms with Gasteiger partial charge in [0.2, 0.25) is 0 Å². The molecular formula is C14H13F2NO2. The Morgan fingerprint density at radius 2 is 1.84 bits per heavy atom. The van der Waals surface area contributed by atoms with Gasteiger partial charge in [0.25, 0.3) is 0 Å². The van der Waals surface area contributed by atoms with Crippen LogP contribution in [-0.2, 0) is 6.42 Å². The van der Waals surface area contributed by atoms with Gasteiger partial charge in [0.15, 0.2) is 11.6 Å². The number of hydrogen-bond acceptors (Lipinski definition) is 3. The first-order chi connectivity index (χ1) is 9.11. The molecule has 2 rings (SSSR count). The Morgan fingerprint density at radius 3 is 2.58 bits per heavy atom. The highest BCUT2D eigenvalue weighted by molar-refractivity contribution is 5.55. The summed E-state index contributed by atoms with van der Waals surface area (Å²) in [4.78, 5) is 0. The van der Waals surface area contributed by atoms with Gasteiger partial charge in [-0.05, 0) is 18.1 Å². The number of benzene rings is 2. The smallest absolute Gasteiger partial charge is 0.156 e. The summed E-state index contributed by atoms with van der Waals surface area (Å²) in [7, 11) is 0. The van der Waals surface area contributed by atoms with Crippen molar-refractivity contribution in [2.24, 2.45) is 0 Å². The SMILES string of the molecule is Nc1c(F)cc(F)cc1Oc1ccccc1CCO. The van der Waals surface area contributed by atoms with Crippen LogP contribution in [0.15, 0.2) is 36.4 Å². The molecule has 0 unspecified atom stereocenters. The third-order valence-corrected chi connectivity index (χ3v) is 2.63. The standard InChI is InChI=1S/C14H13F2NO2/c15-10-7-11(16)14(17)13(8-10)19-12-4-2-1-3-9(12)5-6-18/h1-4,7-8,18H,5-6,17H2. The lowest BCUT2D eigenvalue weighted by molar-refractivity contribution is 0.298. The Balaban J connectivity index is 2.36. The molecule has 0 aliphatic rings. The van der Waals surface area contributed by atoms with Crippen LogP contribution in [0.2, 0.25) is 0 Å². The van der Waals surface area contributed by atoms with Gasteiger partial charge in [0.05, 0.1) is 0 Å². The Kier molecular flexibility index (Phi) is 3.97. The normalized spacial score (nSPS) is 10.5.